The average Bonchev–Trinajstić information content (AvgIpc) is 2.91. The lowest BCUT2D eigenvalue weighted by Gasteiger charge is -2.41. The minimum atomic E-state index is -0.816. The maximum atomic E-state index is 12.1. The van der Waals surface area contributed by atoms with Crippen LogP contribution in [0.2, 0.25) is 0 Å². The van der Waals surface area contributed by atoms with E-state index in [1.807, 2.05) is 54.6 Å². The number of rotatable bonds is 15. The smallest absolute Gasteiger partial charge is 0.165 e. The summed E-state index contributed by atoms with van der Waals surface area (Å²) in [6.45, 7) is 0.279. The van der Waals surface area contributed by atoms with Crippen LogP contribution in [0.4, 0.5) is 0 Å². The number of hydrogen-bond acceptors (Lipinski definition) is 4. The molecule has 1 unspecified atom stereocenters. The summed E-state index contributed by atoms with van der Waals surface area (Å²) in [4.78, 5) is 0. The summed E-state index contributed by atoms with van der Waals surface area (Å²) < 4.78 is 11.6. The van der Waals surface area contributed by atoms with Crippen molar-refractivity contribution in [2.24, 2.45) is 0 Å². The molecule has 0 heterocycles. The fourth-order valence-corrected chi connectivity index (χ4v) is 5.19. The monoisotopic (exact) mass is 476 g/mol. The van der Waals surface area contributed by atoms with Gasteiger partial charge in [0.05, 0.1) is 25.7 Å². The molecular weight excluding hydrogens is 436 g/mol. The van der Waals surface area contributed by atoms with Gasteiger partial charge in [0.2, 0.25) is 0 Å². The minimum absolute atomic E-state index is 0.279. The van der Waals surface area contributed by atoms with Gasteiger partial charge < -0.3 is 19.7 Å². The van der Waals surface area contributed by atoms with Crippen LogP contribution >= 0.6 is 0 Å². The highest BCUT2D eigenvalue weighted by Crippen LogP contribution is 2.49. The van der Waals surface area contributed by atoms with E-state index in [0.29, 0.717) is 17.9 Å². The van der Waals surface area contributed by atoms with Crippen LogP contribution in [0.5, 0.6) is 11.5 Å². The number of ether oxygens (including phenoxy) is 2. The van der Waals surface area contributed by atoms with Gasteiger partial charge in [-0.1, -0.05) is 111 Å². The molecule has 3 aromatic carbocycles. The van der Waals surface area contributed by atoms with Gasteiger partial charge in [-0.15, -0.1) is 0 Å². The summed E-state index contributed by atoms with van der Waals surface area (Å²) in [5.74, 6) is 1.29. The van der Waals surface area contributed by atoms with E-state index in [4.69, 9.17) is 14.6 Å². The molecule has 0 aromatic heterocycles. The molecule has 0 spiro atoms. The lowest BCUT2D eigenvalue weighted by Crippen LogP contribution is -2.42. The Morgan fingerprint density at radius 3 is 1.71 bits per heavy atom. The molecule has 0 saturated carbocycles. The fraction of sp³-hybridized carbons (Fsp3) is 0.419. The van der Waals surface area contributed by atoms with Crippen LogP contribution in [0.3, 0.4) is 0 Å². The summed E-state index contributed by atoms with van der Waals surface area (Å²) in [6.07, 6.45) is 7.45. The van der Waals surface area contributed by atoms with E-state index in [-0.39, 0.29) is 6.61 Å². The summed E-state index contributed by atoms with van der Waals surface area (Å²) in [6, 6.07) is 26.4. The maximum Gasteiger partial charge on any atom is 0.165 e. The molecule has 1 atom stereocenters. The van der Waals surface area contributed by atoms with Gasteiger partial charge in [-0.25, -0.2) is 0 Å². The first-order chi connectivity index (χ1) is 17.2. The van der Waals surface area contributed by atoms with Crippen molar-refractivity contribution >= 4 is 0 Å². The molecule has 0 amide bonds. The Morgan fingerprint density at radius 1 is 0.657 bits per heavy atom. The molecule has 188 valence electrons. The molecule has 0 fully saturated rings. The number of aliphatic hydroxyl groups excluding tert-OH is 2. The number of unbranched alkanes of at least 4 members (excludes halogenated alkanes) is 6. The molecule has 0 aliphatic heterocycles. The second-order valence-electron chi connectivity index (χ2n) is 9.08. The van der Waals surface area contributed by atoms with E-state index in [1.165, 1.54) is 6.42 Å². The normalized spacial score (nSPS) is 12.3. The third kappa shape index (κ3) is 6.25. The zero-order chi connectivity index (χ0) is 24.9. The zero-order valence-corrected chi connectivity index (χ0v) is 21.2. The molecule has 2 N–H and O–H groups in total. The van der Waals surface area contributed by atoms with Gasteiger partial charge in [0.1, 0.15) is 0 Å². The Hall–Kier alpha value is -2.82. The van der Waals surface area contributed by atoms with Crippen molar-refractivity contribution in [3.05, 3.63) is 95.6 Å². The van der Waals surface area contributed by atoms with E-state index >= 15 is 0 Å². The van der Waals surface area contributed by atoms with Crippen molar-refractivity contribution in [3.8, 4) is 11.5 Å². The molecule has 0 radical (unpaired) electrons. The van der Waals surface area contributed by atoms with Crippen LogP contribution in [-0.2, 0) is 5.41 Å². The van der Waals surface area contributed by atoms with Crippen molar-refractivity contribution in [3.63, 3.8) is 0 Å². The molecule has 0 aliphatic carbocycles. The fourth-order valence-electron chi connectivity index (χ4n) is 5.19. The van der Waals surface area contributed by atoms with Crippen molar-refractivity contribution in [2.45, 2.75) is 62.9 Å². The minimum Gasteiger partial charge on any atom is -0.493 e. The average molecular weight is 477 g/mol. The van der Waals surface area contributed by atoms with Gasteiger partial charge in [0.15, 0.2) is 11.5 Å². The number of methoxy groups -OCH3 is 2. The van der Waals surface area contributed by atoms with Crippen molar-refractivity contribution in [1.82, 2.24) is 0 Å². The van der Waals surface area contributed by atoms with E-state index in [9.17, 15) is 5.11 Å². The lowest BCUT2D eigenvalue weighted by molar-refractivity contribution is 0.107. The molecule has 4 nitrogen and oxygen atoms in total. The molecule has 0 aliphatic rings. The molecule has 0 bridgehead atoms. The van der Waals surface area contributed by atoms with Crippen LogP contribution in [0.15, 0.2) is 78.9 Å². The molecule has 35 heavy (non-hydrogen) atoms. The van der Waals surface area contributed by atoms with Crippen molar-refractivity contribution in [2.75, 3.05) is 20.8 Å². The molecule has 4 heteroatoms. The van der Waals surface area contributed by atoms with Gasteiger partial charge in [0, 0.05) is 12.2 Å². The first-order valence-corrected chi connectivity index (χ1v) is 12.8. The van der Waals surface area contributed by atoms with Crippen molar-refractivity contribution < 1.29 is 19.7 Å². The van der Waals surface area contributed by atoms with Crippen molar-refractivity contribution in [1.29, 1.82) is 0 Å². The van der Waals surface area contributed by atoms with Crippen LogP contribution in [0.1, 0.15) is 68.1 Å². The number of hydrogen-bond donors (Lipinski definition) is 2. The van der Waals surface area contributed by atoms with Gasteiger partial charge in [-0.05, 0) is 30.0 Å². The van der Waals surface area contributed by atoms with Gasteiger partial charge in [0.25, 0.3) is 0 Å². The second-order valence-corrected chi connectivity index (χ2v) is 9.08. The zero-order valence-electron chi connectivity index (χ0n) is 21.2. The number of benzene rings is 3. The predicted octanol–water partition coefficient (Wildman–Crippen LogP) is 6.51. The third-order valence-corrected chi connectivity index (χ3v) is 6.92. The Labute approximate surface area is 210 Å². The number of para-hydroxylation sites is 1. The van der Waals surface area contributed by atoms with Crippen LogP contribution in [0, 0.1) is 0 Å². The first kappa shape index (κ1) is 26.8. The van der Waals surface area contributed by atoms with E-state index in [1.54, 1.807) is 14.2 Å². The van der Waals surface area contributed by atoms with Gasteiger partial charge in [-0.3, -0.25) is 0 Å². The predicted molar refractivity (Wildman–Crippen MR) is 142 cm³/mol. The van der Waals surface area contributed by atoms with Gasteiger partial charge >= 0.3 is 0 Å². The Kier molecular flexibility index (Phi) is 10.6. The van der Waals surface area contributed by atoms with Gasteiger partial charge in [-0.2, -0.15) is 0 Å². The highest BCUT2D eigenvalue weighted by Gasteiger charge is 2.45. The summed E-state index contributed by atoms with van der Waals surface area (Å²) in [5, 5.41) is 21.0. The summed E-state index contributed by atoms with van der Waals surface area (Å²) in [5.41, 5.74) is 2.13. The first-order valence-electron chi connectivity index (χ1n) is 12.8. The Bertz CT molecular complexity index is 948. The number of aliphatic hydroxyl groups is 2. The second kappa shape index (κ2) is 13.9. The Balaban J connectivity index is 2.01. The van der Waals surface area contributed by atoms with Crippen LogP contribution in [0.25, 0.3) is 0 Å². The molecular formula is C31H40O4. The topological polar surface area (TPSA) is 58.9 Å². The molecule has 3 aromatic rings. The third-order valence-electron chi connectivity index (χ3n) is 6.92. The standard InChI is InChI=1S/C31H40O4/c1-34-28-22-16-21-27(30(28)35-2)31(25-17-10-8-11-18-25,26-19-12-9-13-20-26)29(33)23-14-6-4-3-5-7-15-24-32/h8-13,16-22,29,32-33H,3-7,14-15,23-24H2,1-2H3. The highest BCUT2D eigenvalue weighted by atomic mass is 16.5. The largest absolute Gasteiger partial charge is 0.493 e. The molecule has 3 rings (SSSR count). The highest BCUT2D eigenvalue weighted by molar-refractivity contribution is 5.60. The van der Waals surface area contributed by atoms with E-state index in [0.717, 1.165) is 55.2 Å². The van der Waals surface area contributed by atoms with E-state index in [2.05, 4.69) is 24.3 Å². The van der Waals surface area contributed by atoms with E-state index < -0.39 is 11.5 Å². The summed E-state index contributed by atoms with van der Waals surface area (Å²) in [7, 11) is 3.30. The Morgan fingerprint density at radius 2 is 1.20 bits per heavy atom. The lowest BCUT2D eigenvalue weighted by atomic mass is 9.64. The SMILES string of the molecule is COc1cccc(C(c2ccccc2)(c2ccccc2)C(O)CCCCCCCCCO)c1OC. The van der Waals surface area contributed by atoms with Crippen LogP contribution < -0.4 is 9.47 Å². The van der Waals surface area contributed by atoms with Crippen LogP contribution in [-0.4, -0.2) is 37.1 Å². The maximum absolute atomic E-state index is 12.1. The summed E-state index contributed by atoms with van der Waals surface area (Å²) >= 11 is 0. The molecule has 0 saturated heterocycles. The quantitative estimate of drug-likeness (QED) is 0.194.